The van der Waals surface area contributed by atoms with Gasteiger partial charge in [-0.3, -0.25) is 0 Å². The summed E-state index contributed by atoms with van der Waals surface area (Å²) in [5.74, 6) is 0. The van der Waals surface area contributed by atoms with E-state index in [0.29, 0.717) is 0 Å². The van der Waals surface area contributed by atoms with E-state index in [1.807, 2.05) is 0 Å². The van der Waals surface area contributed by atoms with Crippen molar-refractivity contribution < 1.29 is 0 Å². The minimum Gasteiger partial charge on any atom is -0.309 e. The Morgan fingerprint density at radius 3 is 1.59 bits per heavy atom. The van der Waals surface area contributed by atoms with Crippen LogP contribution >= 0.6 is 0 Å². The second-order valence-electron chi connectivity index (χ2n) is 16.4. The van der Waals surface area contributed by atoms with Crippen LogP contribution in [0.25, 0.3) is 71.6 Å². The number of anilines is 3. The number of nitrogens with zero attached hydrogens (tertiary/aromatic N) is 2. The van der Waals surface area contributed by atoms with E-state index >= 15 is 0 Å². The Morgan fingerprint density at radius 1 is 0.328 bits per heavy atom. The molecule has 0 saturated carbocycles. The normalized spacial score (nSPS) is 13.0. The number of para-hydroxylation sites is 3. The predicted octanol–water partition coefficient (Wildman–Crippen LogP) is 15.4. The lowest BCUT2D eigenvalue weighted by Gasteiger charge is -2.40. The molecule has 61 heavy (non-hydrogen) atoms. The second-order valence-corrected chi connectivity index (χ2v) is 16.4. The van der Waals surface area contributed by atoms with E-state index in [2.05, 4.69) is 240 Å². The highest BCUT2D eigenvalue weighted by Crippen LogP contribution is 2.62. The summed E-state index contributed by atoms with van der Waals surface area (Å²) in [5.41, 5.74) is 19.3. The Labute approximate surface area is 354 Å². The Kier molecular flexibility index (Phi) is 7.26. The molecular weight excluding hydrogens is 737 g/mol. The molecule has 2 heteroatoms. The number of hydrogen-bond acceptors (Lipinski definition) is 1. The zero-order valence-corrected chi connectivity index (χ0v) is 33.3. The lowest BCUT2D eigenvalue weighted by Crippen LogP contribution is -2.31. The van der Waals surface area contributed by atoms with Crippen LogP contribution in [0.5, 0.6) is 0 Å². The molecule has 2 aliphatic rings. The van der Waals surface area contributed by atoms with E-state index < -0.39 is 5.41 Å². The number of rotatable bonds is 5. The van der Waals surface area contributed by atoms with Gasteiger partial charge in [-0.1, -0.05) is 188 Å². The first-order valence-electron chi connectivity index (χ1n) is 21.2. The summed E-state index contributed by atoms with van der Waals surface area (Å²) in [6.45, 7) is 0. The van der Waals surface area contributed by atoms with Gasteiger partial charge in [0.05, 0.1) is 27.8 Å². The van der Waals surface area contributed by atoms with E-state index in [-0.39, 0.29) is 0 Å². The summed E-state index contributed by atoms with van der Waals surface area (Å²) >= 11 is 0. The molecule has 0 radical (unpaired) electrons. The molecule has 0 fully saturated rings. The first-order valence-corrected chi connectivity index (χ1v) is 21.2. The summed E-state index contributed by atoms with van der Waals surface area (Å²) in [6, 6.07) is 85.4. The highest BCUT2D eigenvalue weighted by molar-refractivity contribution is 6.14. The fraction of sp³-hybridized carbons (Fsp3) is 0.0169. The van der Waals surface area contributed by atoms with Crippen molar-refractivity contribution in [1.29, 1.82) is 0 Å². The lowest BCUT2D eigenvalue weighted by atomic mass is 9.61. The maximum Gasteiger partial charge on any atom is 0.0725 e. The van der Waals surface area contributed by atoms with E-state index in [1.54, 1.807) is 0 Å². The van der Waals surface area contributed by atoms with Crippen LogP contribution in [-0.4, -0.2) is 4.57 Å². The van der Waals surface area contributed by atoms with Gasteiger partial charge in [0.25, 0.3) is 0 Å². The molecule has 11 aromatic rings. The highest BCUT2D eigenvalue weighted by atomic mass is 15.1. The standard InChI is InChI=1S/C59H38N2/c1-3-18-39(19-4-1)42-22-10-15-32-54(42)61(41-34-35-47-46-26-11-16-33-55(46)60(57(47)38-41)40-20-5-2-6-21-40)56-37-36-48-45-25-9-14-30-52(45)59(53-31-17-27-49(56)58(48)53)50-28-12-7-23-43(50)44-24-8-13-29-51(44)59/h1-38H. The molecule has 0 aliphatic heterocycles. The topological polar surface area (TPSA) is 8.17 Å². The van der Waals surface area contributed by atoms with Gasteiger partial charge in [0, 0.05) is 33.1 Å². The third-order valence-electron chi connectivity index (χ3n) is 13.4. The van der Waals surface area contributed by atoms with Crippen LogP contribution in [0.1, 0.15) is 22.3 Å². The van der Waals surface area contributed by atoms with Crippen molar-refractivity contribution in [2.24, 2.45) is 0 Å². The third-order valence-corrected chi connectivity index (χ3v) is 13.4. The van der Waals surface area contributed by atoms with E-state index in [0.717, 1.165) is 22.7 Å². The smallest absolute Gasteiger partial charge is 0.0725 e. The molecule has 2 nitrogen and oxygen atoms in total. The molecule has 0 bridgehead atoms. The van der Waals surface area contributed by atoms with Crippen molar-refractivity contribution in [2.45, 2.75) is 5.41 Å². The average molecular weight is 775 g/mol. The molecule has 1 aromatic heterocycles. The number of aromatic nitrogens is 1. The maximum atomic E-state index is 2.52. The van der Waals surface area contributed by atoms with Gasteiger partial charge in [0.15, 0.2) is 0 Å². The van der Waals surface area contributed by atoms with Crippen molar-refractivity contribution in [3.63, 3.8) is 0 Å². The fourth-order valence-electron chi connectivity index (χ4n) is 11.0. The molecule has 0 amide bonds. The fourth-order valence-corrected chi connectivity index (χ4v) is 11.0. The van der Waals surface area contributed by atoms with Crippen LogP contribution in [0.4, 0.5) is 17.1 Å². The minimum absolute atomic E-state index is 0.475. The summed E-state index contributed by atoms with van der Waals surface area (Å²) in [4.78, 5) is 2.52. The van der Waals surface area contributed by atoms with Crippen molar-refractivity contribution in [2.75, 3.05) is 4.90 Å². The zero-order valence-electron chi connectivity index (χ0n) is 33.3. The molecule has 1 spiro atoms. The Morgan fingerprint density at radius 2 is 0.869 bits per heavy atom. The molecular formula is C59H38N2. The monoisotopic (exact) mass is 774 g/mol. The van der Waals surface area contributed by atoms with E-state index in [4.69, 9.17) is 0 Å². The quantitative estimate of drug-likeness (QED) is 0.169. The van der Waals surface area contributed by atoms with Crippen LogP contribution in [0, 0.1) is 0 Å². The number of benzene rings is 10. The molecule has 1 heterocycles. The molecule has 10 aromatic carbocycles. The second kappa shape index (κ2) is 13.0. The first kappa shape index (κ1) is 34.0. The van der Waals surface area contributed by atoms with E-state index in [1.165, 1.54) is 88.2 Å². The summed E-state index contributed by atoms with van der Waals surface area (Å²) in [5, 5.41) is 4.99. The van der Waals surface area contributed by atoms with Crippen LogP contribution in [0.2, 0.25) is 0 Å². The molecule has 0 N–H and O–H groups in total. The van der Waals surface area contributed by atoms with Crippen LogP contribution in [0.15, 0.2) is 231 Å². The Balaban J connectivity index is 1.15. The van der Waals surface area contributed by atoms with Crippen LogP contribution in [-0.2, 0) is 5.41 Å². The van der Waals surface area contributed by atoms with E-state index in [9.17, 15) is 0 Å². The SMILES string of the molecule is c1ccc(-c2ccccc2N(c2ccc3c4ccccc4n(-c4ccccc4)c3c2)c2ccc3c4c(cccc24)C2(c4ccccc4-c4ccccc42)c2ccccc2-3)cc1. The number of hydrogen-bond donors (Lipinski definition) is 0. The molecule has 284 valence electrons. The van der Waals surface area contributed by atoms with Gasteiger partial charge >= 0.3 is 0 Å². The zero-order chi connectivity index (χ0) is 40.1. The summed E-state index contributed by atoms with van der Waals surface area (Å²) < 4.78 is 2.42. The summed E-state index contributed by atoms with van der Waals surface area (Å²) in [7, 11) is 0. The minimum atomic E-state index is -0.475. The molecule has 2 aliphatic carbocycles. The van der Waals surface area contributed by atoms with Gasteiger partial charge in [-0.25, -0.2) is 0 Å². The Bertz CT molecular complexity index is 3500. The molecule has 0 unspecified atom stereocenters. The largest absolute Gasteiger partial charge is 0.309 e. The molecule has 0 saturated heterocycles. The number of fused-ring (bicyclic) bond motifs is 12. The van der Waals surface area contributed by atoms with Crippen molar-refractivity contribution in [1.82, 2.24) is 4.57 Å². The first-order chi connectivity index (χ1) is 30.3. The highest BCUT2D eigenvalue weighted by Gasteiger charge is 2.50. The lowest BCUT2D eigenvalue weighted by molar-refractivity contribution is 0.773. The van der Waals surface area contributed by atoms with Crippen LogP contribution < -0.4 is 4.90 Å². The maximum absolute atomic E-state index is 2.52. The van der Waals surface area contributed by atoms with Gasteiger partial charge in [0.1, 0.15) is 0 Å². The molecule has 13 rings (SSSR count). The average Bonchev–Trinajstić information content (AvgIpc) is 3.82. The van der Waals surface area contributed by atoms with Crippen molar-refractivity contribution >= 4 is 49.6 Å². The summed E-state index contributed by atoms with van der Waals surface area (Å²) in [6.07, 6.45) is 0. The Hall–Kier alpha value is -7.94. The van der Waals surface area contributed by atoms with Gasteiger partial charge in [-0.15, -0.1) is 0 Å². The third kappa shape index (κ3) is 4.67. The van der Waals surface area contributed by atoms with Gasteiger partial charge in [0.2, 0.25) is 0 Å². The van der Waals surface area contributed by atoms with Crippen molar-refractivity contribution in [3.8, 4) is 39.1 Å². The predicted molar refractivity (Wildman–Crippen MR) is 255 cm³/mol. The van der Waals surface area contributed by atoms with Crippen molar-refractivity contribution in [3.05, 3.63) is 253 Å². The van der Waals surface area contributed by atoms with Gasteiger partial charge in [-0.05, 0) is 97.9 Å². The molecule has 0 atom stereocenters. The van der Waals surface area contributed by atoms with Gasteiger partial charge in [-0.2, -0.15) is 0 Å². The van der Waals surface area contributed by atoms with Crippen LogP contribution in [0.3, 0.4) is 0 Å². The van der Waals surface area contributed by atoms with Gasteiger partial charge < -0.3 is 9.47 Å².